The lowest BCUT2D eigenvalue weighted by molar-refractivity contribution is 0.622. The molecule has 0 aliphatic rings. The van der Waals surface area contributed by atoms with E-state index in [1.807, 2.05) is 36.4 Å². The second-order valence-corrected chi connectivity index (χ2v) is 4.88. The highest BCUT2D eigenvalue weighted by atomic mass is 19.1. The number of fused-ring (bicyclic) bond motifs is 3. The Labute approximate surface area is 120 Å². The van der Waals surface area contributed by atoms with Gasteiger partial charge in [-0.3, -0.25) is 4.98 Å². The number of rotatable bonds is 1. The molecule has 0 saturated heterocycles. The van der Waals surface area contributed by atoms with Crippen molar-refractivity contribution in [3.63, 3.8) is 0 Å². The van der Waals surface area contributed by atoms with Crippen LogP contribution in [0.15, 0.2) is 66.9 Å². The van der Waals surface area contributed by atoms with Crippen LogP contribution in [0.2, 0.25) is 0 Å². The first kappa shape index (κ1) is 12.0. The fraction of sp³-hybridized carbons (Fsp3) is 0. The van der Waals surface area contributed by atoms with Crippen LogP contribution in [0.4, 0.5) is 4.39 Å². The van der Waals surface area contributed by atoms with Crippen LogP contribution in [0, 0.1) is 5.82 Å². The maximum atomic E-state index is 13.1. The number of hydrogen-bond donors (Lipinski definition) is 0. The lowest BCUT2D eigenvalue weighted by atomic mass is 10.0. The van der Waals surface area contributed by atoms with Gasteiger partial charge in [-0.05, 0) is 23.6 Å². The Bertz CT molecular complexity index is 946. The molecule has 21 heavy (non-hydrogen) atoms. The predicted molar refractivity (Wildman–Crippen MR) is 82.4 cm³/mol. The summed E-state index contributed by atoms with van der Waals surface area (Å²) in [6.45, 7) is 0. The van der Waals surface area contributed by atoms with Crippen LogP contribution in [0.3, 0.4) is 0 Å². The molecule has 0 radical (unpaired) electrons. The number of hydrogen-bond acceptors (Lipinski definition) is 2. The molecular weight excluding hydrogens is 263 g/mol. The maximum Gasteiger partial charge on any atom is 0.141 e. The van der Waals surface area contributed by atoms with Gasteiger partial charge in [0.2, 0.25) is 0 Å². The van der Waals surface area contributed by atoms with Crippen molar-refractivity contribution in [3.05, 3.63) is 72.7 Å². The minimum atomic E-state index is -0.344. The Hall–Kier alpha value is -2.81. The number of aromatic nitrogens is 2. The smallest absolute Gasteiger partial charge is 0.141 e. The Morgan fingerprint density at radius 3 is 2.19 bits per heavy atom. The Kier molecular flexibility index (Phi) is 2.64. The van der Waals surface area contributed by atoms with Crippen molar-refractivity contribution in [1.82, 2.24) is 9.97 Å². The van der Waals surface area contributed by atoms with E-state index in [1.165, 1.54) is 12.3 Å². The van der Waals surface area contributed by atoms with Crippen molar-refractivity contribution in [3.8, 4) is 11.4 Å². The van der Waals surface area contributed by atoms with E-state index in [0.717, 1.165) is 27.4 Å². The molecule has 4 aromatic rings. The Morgan fingerprint density at radius 2 is 1.43 bits per heavy atom. The van der Waals surface area contributed by atoms with Gasteiger partial charge in [0.25, 0.3) is 0 Å². The van der Waals surface area contributed by atoms with Crippen LogP contribution in [0.1, 0.15) is 0 Å². The van der Waals surface area contributed by atoms with Crippen LogP contribution in [0.5, 0.6) is 0 Å². The van der Waals surface area contributed by atoms with E-state index < -0.39 is 0 Å². The van der Waals surface area contributed by atoms with E-state index in [2.05, 4.69) is 17.1 Å². The second kappa shape index (κ2) is 4.63. The minimum absolute atomic E-state index is 0.344. The summed E-state index contributed by atoms with van der Waals surface area (Å²) < 4.78 is 13.1. The molecule has 2 nitrogen and oxygen atoms in total. The summed E-state index contributed by atoms with van der Waals surface area (Å²) in [4.78, 5) is 8.89. The summed E-state index contributed by atoms with van der Waals surface area (Å²) in [5.41, 5.74) is 2.37. The molecule has 100 valence electrons. The maximum absolute atomic E-state index is 13.1. The van der Waals surface area contributed by atoms with Crippen LogP contribution in [0.25, 0.3) is 33.1 Å². The molecular formula is C18H11FN2. The van der Waals surface area contributed by atoms with Gasteiger partial charge in [-0.2, -0.15) is 0 Å². The van der Waals surface area contributed by atoms with Gasteiger partial charge in [0, 0.05) is 10.8 Å². The molecule has 0 bridgehead atoms. The second-order valence-electron chi connectivity index (χ2n) is 4.88. The summed E-state index contributed by atoms with van der Waals surface area (Å²) in [5, 5.41) is 3.26. The third-order valence-corrected chi connectivity index (χ3v) is 3.58. The fourth-order valence-electron chi connectivity index (χ4n) is 2.62. The Balaban J connectivity index is 2.13. The topological polar surface area (TPSA) is 25.8 Å². The molecule has 0 aliphatic carbocycles. The fourth-order valence-corrected chi connectivity index (χ4v) is 2.62. The zero-order valence-electron chi connectivity index (χ0n) is 11.1. The average molecular weight is 274 g/mol. The highest BCUT2D eigenvalue weighted by Gasteiger charge is 2.10. The van der Waals surface area contributed by atoms with Crippen molar-refractivity contribution < 1.29 is 4.39 Å². The van der Waals surface area contributed by atoms with E-state index >= 15 is 0 Å². The van der Waals surface area contributed by atoms with Crippen LogP contribution < -0.4 is 0 Å². The lowest BCUT2D eigenvalue weighted by Crippen LogP contribution is -1.92. The summed E-state index contributed by atoms with van der Waals surface area (Å²) in [7, 11) is 0. The van der Waals surface area contributed by atoms with Crippen molar-refractivity contribution in [1.29, 1.82) is 0 Å². The predicted octanol–water partition coefficient (Wildman–Crippen LogP) is 4.59. The summed E-state index contributed by atoms with van der Waals surface area (Å²) in [6.07, 6.45) is 1.22. The molecule has 3 heteroatoms. The van der Waals surface area contributed by atoms with E-state index in [-0.39, 0.29) is 5.82 Å². The standard InChI is InChI=1S/C18H11FN2/c19-12-9-10-17(20-11-12)18-15-7-2-1-5-13(15)14-6-3-4-8-16(14)21-18/h1-11H. The first-order valence-corrected chi connectivity index (χ1v) is 6.72. The number of pyridine rings is 2. The van der Waals surface area contributed by atoms with E-state index in [9.17, 15) is 4.39 Å². The normalized spacial score (nSPS) is 11.1. The van der Waals surface area contributed by atoms with Crippen LogP contribution >= 0.6 is 0 Å². The van der Waals surface area contributed by atoms with Gasteiger partial charge in [-0.25, -0.2) is 9.37 Å². The van der Waals surface area contributed by atoms with Gasteiger partial charge in [-0.15, -0.1) is 0 Å². The van der Waals surface area contributed by atoms with Crippen molar-refractivity contribution in [2.24, 2.45) is 0 Å². The molecule has 0 aliphatic heterocycles. The Morgan fingerprint density at radius 1 is 0.714 bits per heavy atom. The highest BCUT2D eigenvalue weighted by Crippen LogP contribution is 2.31. The first-order valence-electron chi connectivity index (χ1n) is 6.72. The van der Waals surface area contributed by atoms with Gasteiger partial charge in [-0.1, -0.05) is 42.5 Å². The van der Waals surface area contributed by atoms with Gasteiger partial charge >= 0.3 is 0 Å². The number of benzene rings is 2. The van der Waals surface area contributed by atoms with Gasteiger partial charge in [0.15, 0.2) is 0 Å². The average Bonchev–Trinajstić information content (AvgIpc) is 2.55. The zero-order chi connectivity index (χ0) is 14.2. The van der Waals surface area contributed by atoms with Gasteiger partial charge in [0.05, 0.1) is 23.1 Å². The van der Waals surface area contributed by atoms with E-state index in [1.54, 1.807) is 6.07 Å². The molecule has 0 unspecified atom stereocenters. The van der Waals surface area contributed by atoms with Crippen molar-refractivity contribution in [2.75, 3.05) is 0 Å². The number of para-hydroxylation sites is 1. The molecule has 0 fully saturated rings. The summed E-state index contributed by atoms with van der Waals surface area (Å²) >= 11 is 0. The molecule has 2 aromatic heterocycles. The van der Waals surface area contributed by atoms with Crippen LogP contribution in [-0.2, 0) is 0 Å². The van der Waals surface area contributed by atoms with E-state index in [4.69, 9.17) is 4.98 Å². The third-order valence-electron chi connectivity index (χ3n) is 3.58. The number of halogens is 1. The monoisotopic (exact) mass is 274 g/mol. The van der Waals surface area contributed by atoms with Crippen LogP contribution in [-0.4, -0.2) is 9.97 Å². The molecule has 0 amide bonds. The lowest BCUT2D eigenvalue weighted by Gasteiger charge is -2.09. The molecule has 0 atom stereocenters. The summed E-state index contributed by atoms with van der Waals surface area (Å²) in [5.74, 6) is -0.344. The van der Waals surface area contributed by atoms with Gasteiger partial charge < -0.3 is 0 Å². The highest BCUT2D eigenvalue weighted by molar-refractivity contribution is 6.10. The minimum Gasteiger partial charge on any atom is -0.252 e. The number of nitrogens with zero attached hydrogens (tertiary/aromatic N) is 2. The molecule has 0 N–H and O–H groups in total. The van der Waals surface area contributed by atoms with E-state index in [0.29, 0.717) is 5.69 Å². The third kappa shape index (κ3) is 1.94. The quantitative estimate of drug-likeness (QED) is 0.474. The largest absolute Gasteiger partial charge is 0.252 e. The SMILES string of the molecule is Fc1ccc(-c2nc3ccccc3c3ccccc23)nc1. The molecule has 4 rings (SSSR count). The molecule has 0 spiro atoms. The zero-order valence-corrected chi connectivity index (χ0v) is 11.1. The molecule has 2 aromatic carbocycles. The molecule has 0 saturated carbocycles. The summed E-state index contributed by atoms with van der Waals surface area (Å²) in [6, 6.07) is 19.2. The van der Waals surface area contributed by atoms with Crippen molar-refractivity contribution in [2.45, 2.75) is 0 Å². The molecule has 2 heterocycles. The van der Waals surface area contributed by atoms with Crippen molar-refractivity contribution >= 4 is 21.7 Å². The first-order chi connectivity index (χ1) is 10.3. The van der Waals surface area contributed by atoms with Gasteiger partial charge in [0.1, 0.15) is 5.82 Å².